The second-order valence-corrected chi connectivity index (χ2v) is 7.17. The van der Waals surface area contributed by atoms with Gasteiger partial charge < -0.3 is 11.1 Å². The molecule has 0 saturated heterocycles. The maximum atomic E-state index is 12.6. The average Bonchev–Trinajstić information content (AvgIpc) is 2.91. The van der Waals surface area contributed by atoms with Gasteiger partial charge in [-0.1, -0.05) is 26.2 Å². The quantitative estimate of drug-likeness (QED) is 0.753. The lowest BCUT2D eigenvalue weighted by Crippen LogP contribution is -2.49. The van der Waals surface area contributed by atoms with E-state index in [9.17, 15) is 4.79 Å². The summed E-state index contributed by atoms with van der Waals surface area (Å²) in [7, 11) is 0. The number of carbonyl (C=O) groups excluding carboxylic acids is 1. The third-order valence-corrected chi connectivity index (χ3v) is 5.97. The molecule has 2 bridgehead atoms. The Bertz CT molecular complexity index is 342. The first-order valence-electron chi connectivity index (χ1n) is 8.22. The van der Waals surface area contributed by atoms with Gasteiger partial charge in [0.15, 0.2) is 0 Å². The largest absolute Gasteiger partial charge is 0.353 e. The van der Waals surface area contributed by atoms with Gasteiger partial charge in [-0.15, -0.1) is 0 Å². The summed E-state index contributed by atoms with van der Waals surface area (Å²) in [6.07, 6.45) is 9.98. The summed E-state index contributed by atoms with van der Waals surface area (Å²) in [6.45, 7) is 2.29. The van der Waals surface area contributed by atoms with Gasteiger partial charge in [0.25, 0.3) is 0 Å². The lowest BCUT2D eigenvalue weighted by Gasteiger charge is -2.30. The van der Waals surface area contributed by atoms with E-state index in [1.807, 2.05) is 0 Å². The van der Waals surface area contributed by atoms with Gasteiger partial charge >= 0.3 is 0 Å². The number of fused-ring (bicyclic) bond motifs is 2. The van der Waals surface area contributed by atoms with Gasteiger partial charge in [0.05, 0.1) is 5.92 Å². The van der Waals surface area contributed by atoms with Crippen LogP contribution in [0, 0.1) is 23.7 Å². The van der Waals surface area contributed by atoms with Crippen molar-refractivity contribution in [1.29, 1.82) is 0 Å². The molecular formula is C16H28N2O. The summed E-state index contributed by atoms with van der Waals surface area (Å²) in [5, 5.41) is 3.35. The van der Waals surface area contributed by atoms with Crippen LogP contribution in [0.1, 0.15) is 58.3 Å². The summed E-state index contributed by atoms with van der Waals surface area (Å²) >= 11 is 0. The lowest BCUT2D eigenvalue weighted by molar-refractivity contribution is -0.128. The molecule has 3 N–H and O–H groups in total. The minimum atomic E-state index is 0.106. The Balaban J connectivity index is 1.61. The van der Waals surface area contributed by atoms with Crippen molar-refractivity contribution in [2.45, 2.75) is 70.4 Å². The second-order valence-electron chi connectivity index (χ2n) is 7.17. The van der Waals surface area contributed by atoms with Crippen molar-refractivity contribution in [1.82, 2.24) is 5.32 Å². The normalized spacial score (nSPS) is 46.0. The molecule has 3 fully saturated rings. The molecule has 0 aromatic heterocycles. The summed E-state index contributed by atoms with van der Waals surface area (Å²) in [6, 6.07) is 0.515. The smallest absolute Gasteiger partial charge is 0.225 e. The molecule has 0 radical (unpaired) electrons. The van der Waals surface area contributed by atoms with Crippen LogP contribution in [-0.2, 0) is 4.79 Å². The molecule has 6 atom stereocenters. The molecule has 6 unspecified atom stereocenters. The highest BCUT2D eigenvalue weighted by molar-refractivity contribution is 5.80. The number of hydrogen-bond acceptors (Lipinski definition) is 2. The molecule has 19 heavy (non-hydrogen) atoms. The van der Waals surface area contributed by atoms with Crippen LogP contribution < -0.4 is 11.1 Å². The molecule has 3 nitrogen and oxygen atoms in total. The lowest BCUT2D eigenvalue weighted by atomic mass is 9.83. The zero-order chi connectivity index (χ0) is 13.4. The van der Waals surface area contributed by atoms with Crippen molar-refractivity contribution in [3.8, 4) is 0 Å². The van der Waals surface area contributed by atoms with Crippen LogP contribution in [0.25, 0.3) is 0 Å². The first-order valence-corrected chi connectivity index (χ1v) is 8.22. The second kappa shape index (κ2) is 5.43. The molecule has 3 aliphatic carbocycles. The number of nitrogens with one attached hydrogen (secondary N) is 1. The van der Waals surface area contributed by atoms with Crippen LogP contribution in [0.15, 0.2) is 0 Å². The third-order valence-electron chi connectivity index (χ3n) is 5.97. The predicted molar refractivity (Wildman–Crippen MR) is 76.5 cm³/mol. The number of hydrogen-bond donors (Lipinski definition) is 2. The van der Waals surface area contributed by atoms with Crippen LogP contribution in [0.4, 0.5) is 0 Å². The maximum Gasteiger partial charge on any atom is 0.225 e. The molecule has 1 amide bonds. The van der Waals surface area contributed by atoms with E-state index >= 15 is 0 Å². The van der Waals surface area contributed by atoms with E-state index < -0.39 is 0 Å². The molecule has 0 aliphatic heterocycles. The van der Waals surface area contributed by atoms with E-state index in [0.29, 0.717) is 23.8 Å². The van der Waals surface area contributed by atoms with Crippen molar-refractivity contribution in [3.63, 3.8) is 0 Å². The van der Waals surface area contributed by atoms with Gasteiger partial charge in [-0.3, -0.25) is 4.79 Å². The van der Waals surface area contributed by atoms with E-state index in [4.69, 9.17) is 5.73 Å². The molecule has 0 aromatic carbocycles. The monoisotopic (exact) mass is 264 g/mol. The van der Waals surface area contributed by atoms with Gasteiger partial charge in [-0.25, -0.2) is 0 Å². The number of amides is 1. The van der Waals surface area contributed by atoms with Gasteiger partial charge in [-0.05, 0) is 49.9 Å². The van der Waals surface area contributed by atoms with Crippen molar-refractivity contribution in [2.75, 3.05) is 0 Å². The Morgan fingerprint density at radius 1 is 1.05 bits per heavy atom. The van der Waals surface area contributed by atoms with Crippen molar-refractivity contribution in [3.05, 3.63) is 0 Å². The van der Waals surface area contributed by atoms with Gasteiger partial charge in [0.2, 0.25) is 5.91 Å². The topological polar surface area (TPSA) is 55.1 Å². The van der Waals surface area contributed by atoms with E-state index in [-0.39, 0.29) is 17.9 Å². The molecule has 108 valence electrons. The standard InChI is InChI=1S/C16H28N2O/c1-10-5-3-2-4-6-13(10)18-16(19)14-11-7-8-12(9-11)15(14)17/h10-15H,2-9,17H2,1H3,(H,18,19). The Kier molecular flexibility index (Phi) is 3.84. The van der Waals surface area contributed by atoms with Gasteiger partial charge in [-0.2, -0.15) is 0 Å². The molecule has 3 rings (SSSR count). The number of nitrogens with two attached hydrogens (primary N) is 1. The first kappa shape index (κ1) is 13.4. The SMILES string of the molecule is CC1CCCCCC1NC(=O)C1C2CCC(C2)C1N. The average molecular weight is 264 g/mol. The minimum Gasteiger partial charge on any atom is -0.353 e. The van der Waals surface area contributed by atoms with Crippen LogP contribution in [-0.4, -0.2) is 18.0 Å². The van der Waals surface area contributed by atoms with Crippen molar-refractivity contribution in [2.24, 2.45) is 29.4 Å². The fourth-order valence-corrected chi connectivity index (χ4v) is 4.71. The minimum absolute atomic E-state index is 0.106. The summed E-state index contributed by atoms with van der Waals surface area (Å²) < 4.78 is 0. The van der Waals surface area contributed by atoms with Gasteiger partial charge in [0, 0.05) is 12.1 Å². The van der Waals surface area contributed by atoms with Crippen LogP contribution in [0.2, 0.25) is 0 Å². The van der Waals surface area contributed by atoms with Crippen LogP contribution >= 0.6 is 0 Å². The van der Waals surface area contributed by atoms with E-state index in [1.165, 1.54) is 44.9 Å². The van der Waals surface area contributed by atoms with E-state index in [2.05, 4.69) is 12.2 Å². The zero-order valence-electron chi connectivity index (χ0n) is 12.1. The highest BCUT2D eigenvalue weighted by atomic mass is 16.2. The summed E-state index contributed by atoms with van der Waals surface area (Å²) in [5.74, 6) is 2.18. The van der Waals surface area contributed by atoms with Gasteiger partial charge in [0.1, 0.15) is 0 Å². The van der Waals surface area contributed by atoms with Crippen LogP contribution in [0.3, 0.4) is 0 Å². The maximum absolute atomic E-state index is 12.6. The zero-order valence-corrected chi connectivity index (χ0v) is 12.1. The fraction of sp³-hybridized carbons (Fsp3) is 0.938. The molecular weight excluding hydrogens is 236 g/mol. The molecule has 0 spiro atoms. The summed E-state index contributed by atoms with van der Waals surface area (Å²) in [5.41, 5.74) is 6.27. The predicted octanol–water partition coefficient (Wildman–Crippen LogP) is 2.44. The van der Waals surface area contributed by atoms with Crippen molar-refractivity contribution >= 4 is 5.91 Å². The molecule has 0 heterocycles. The Labute approximate surface area is 116 Å². The Morgan fingerprint density at radius 2 is 1.79 bits per heavy atom. The molecule has 3 saturated carbocycles. The Hall–Kier alpha value is -0.570. The fourth-order valence-electron chi connectivity index (χ4n) is 4.71. The van der Waals surface area contributed by atoms with Crippen LogP contribution in [0.5, 0.6) is 0 Å². The first-order chi connectivity index (χ1) is 9.16. The Morgan fingerprint density at radius 3 is 2.53 bits per heavy atom. The number of rotatable bonds is 2. The highest BCUT2D eigenvalue weighted by Gasteiger charge is 2.49. The molecule has 0 aromatic rings. The van der Waals surface area contributed by atoms with E-state index in [0.717, 1.165) is 6.42 Å². The third kappa shape index (κ3) is 2.54. The van der Waals surface area contributed by atoms with E-state index in [1.54, 1.807) is 0 Å². The molecule has 3 heteroatoms. The summed E-state index contributed by atoms with van der Waals surface area (Å²) in [4.78, 5) is 12.6. The molecule has 3 aliphatic rings. The highest BCUT2D eigenvalue weighted by Crippen LogP contribution is 2.47. The van der Waals surface area contributed by atoms with Crippen molar-refractivity contribution < 1.29 is 4.79 Å². The number of carbonyl (C=O) groups is 1.